The topological polar surface area (TPSA) is 133 Å². The first-order chi connectivity index (χ1) is 11.7. The number of Topliss-reactive ketones (excluding diaryl/α,β-unsaturated/α-hetero) is 1. The number of nitrogens with zero attached hydrogens (tertiary/aromatic N) is 1. The first-order valence-electron chi connectivity index (χ1n) is 7.44. The number of allylic oxidation sites excluding steroid dienone is 1. The number of sulfonamides is 1. The molecule has 0 saturated carbocycles. The molecule has 1 aromatic carbocycles. The van der Waals surface area contributed by atoms with Crippen LogP contribution in [-0.4, -0.2) is 55.1 Å². The molecule has 26 heavy (non-hydrogen) atoms. The van der Waals surface area contributed by atoms with Gasteiger partial charge in [0, 0.05) is 20.3 Å². The number of para-hydroxylation sites is 1. The zero-order valence-electron chi connectivity index (χ0n) is 15.1. The summed E-state index contributed by atoms with van der Waals surface area (Å²) in [4.78, 5) is 24.9. The van der Waals surface area contributed by atoms with E-state index in [0.717, 1.165) is 18.3 Å². The van der Waals surface area contributed by atoms with Crippen molar-refractivity contribution in [3.8, 4) is 11.5 Å². The van der Waals surface area contributed by atoms with Gasteiger partial charge in [-0.1, -0.05) is 6.07 Å². The number of aromatic hydroxyl groups is 2. The summed E-state index contributed by atoms with van der Waals surface area (Å²) in [5.41, 5.74) is -1.38. The monoisotopic (exact) mass is 386 g/mol. The van der Waals surface area contributed by atoms with Gasteiger partial charge in [-0.15, -0.1) is 0 Å². The third-order valence-corrected chi connectivity index (χ3v) is 4.07. The van der Waals surface area contributed by atoms with E-state index in [4.69, 9.17) is 4.74 Å². The van der Waals surface area contributed by atoms with E-state index in [0.29, 0.717) is 0 Å². The van der Waals surface area contributed by atoms with E-state index < -0.39 is 49.5 Å². The minimum atomic E-state index is -4.61. The van der Waals surface area contributed by atoms with Crippen LogP contribution in [0, 0.1) is 0 Å². The Bertz CT molecular complexity index is 837. The van der Waals surface area contributed by atoms with Gasteiger partial charge >= 0.3 is 6.09 Å². The summed E-state index contributed by atoms with van der Waals surface area (Å²) >= 11 is 0. The maximum atomic E-state index is 12.6. The van der Waals surface area contributed by atoms with Gasteiger partial charge in [-0.25, -0.2) is 17.9 Å². The molecule has 0 aliphatic carbocycles. The second-order valence-electron chi connectivity index (χ2n) is 6.57. The van der Waals surface area contributed by atoms with Crippen molar-refractivity contribution in [3.63, 3.8) is 0 Å². The Labute approximate surface area is 151 Å². The number of ketones is 1. The fraction of sp³-hybridized carbons (Fsp3) is 0.375. The Morgan fingerprint density at radius 2 is 1.77 bits per heavy atom. The minimum absolute atomic E-state index is 0.437. The summed E-state index contributed by atoms with van der Waals surface area (Å²) < 4.78 is 31.5. The van der Waals surface area contributed by atoms with Crippen LogP contribution in [0.3, 0.4) is 0 Å². The number of carbonyl (C=O) groups excluding carboxylic acids is 2. The molecule has 0 aliphatic rings. The van der Waals surface area contributed by atoms with Gasteiger partial charge < -0.3 is 19.8 Å². The molecule has 1 rings (SSSR count). The number of phenolic OH excluding ortho intramolecular Hbond substituents is 2. The zero-order valence-corrected chi connectivity index (χ0v) is 15.9. The fourth-order valence-electron chi connectivity index (χ4n) is 1.80. The van der Waals surface area contributed by atoms with Crippen LogP contribution in [0.4, 0.5) is 4.79 Å². The molecule has 0 bridgehead atoms. The highest BCUT2D eigenvalue weighted by Crippen LogP contribution is 2.30. The number of amides is 1. The lowest BCUT2D eigenvalue weighted by Crippen LogP contribution is -2.38. The quantitative estimate of drug-likeness (QED) is 0.394. The number of carbonyl (C=O) groups is 2. The standard InChI is InChI=1S/C16H22N2O7S/c1-16(2,3)25-15(22)17-26(23,24)12(9-18(4)5)14(21)10-7-6-8-11(19)13(10)20/h6-9,19-20H,1-5H3,(H,17,22)/b12-9-. The molecular weight excluding hydrogens is 364 g/mol. The second kappa shape index (κ2) is 7.65. The molecule has 144 valence electrons. The van der Waals surface area contributed by atoms with Crippen LogP contribution in [0.15, 0.2) is 29.3 Å². The lowest BCUT2D eigenvalue weighted by Gasteiger charge is -2.20. The Balaban J connectivity index is 3.32. The molecule has 0 aliphatic heterocycles. The van der Waals surface area contributed by atoms with E-state index in [9.17, 15) is 28.2 Å². The third-order valence-electron chi connectivity index (χ3n) is 2.76. The number of ether oxygens (including phenoxy) is 1. The lowest BCUT2D eigenvalue weighted by molar-refractivity contribution is 0.0570. The molecule has 0 radical (unpaired) electrons. The highest BCUT2D eigenvalue weighted by Gasteiger charge is 2.31. The normalized spacial score (nSPS) is 12.4. The SMILES string of the molecule is CN(C)/C=C(/C(=O)c1cccc(O)c1O)S(=O)(=O)NC(=O)OC(C)(C)C. The summed E-state index contributed by atoms with van der Waals surface area (Å²) in [5.74, 6) is -2.46. The van der Waals surface area contributed by atoms with Crippen LogP contribution in [0.25, 0.3) is 0 Å². The van der Waals surface area contributed by atoms with Crippen LogP contribution in [0.5, 0.6) is 11.5 Å². The van der Waals surface area contributed by atoms with Crippen molar-refractivity contribution in [1.82, 2.24) is 9.62 Å². The summed E-state index contributed by atoms with van der Waals surface area (Å²) in [6.07, 6.45) is -0.284. The van der Waals surface area contributed by atoms with Crippen molar-refractivity contribution in [2.45, 2.75) is 26.4 Å². The third kappa shape index (κ3) is 5.66. The Kier molecular flexibility index (Phi) is 6.26. The molecule has 3 N–H and O–H groups in total. The molecule has 0 aromatic heterocycles. The predicted octanol–water partition coefficient (Wildman–Crippen LogP) is 1.54. The van der Waals surface area contributed by atoms with E-state index in [2.05, 4.69) is 0 Å². The van der Waals surface area contributed by atoms with Crippen LogP contribution in [0.2, 0.25) is 0 Å². The number of benzene rings is 1. The largest absolute Gasteiger partial charge is 0.504 e. The number of hydrogen-bond donors (Lipinski definition) is 3. The summed E-state index contributed by atoms with van der Waals surface area (Å²) in [7, 11) is -1.67. The Hall–Kier alpha value is -2.75. The van der Waals surface area contributed by atoms with Crippen LogP contribution in [-0.2, 0) is 14.8 Å². The van der Waals surface area contributed by atoms with E-state index >= 15 is 0 Å². The van der Waals surface area contributed by atoms with E-state index in [1.165, 1.54) is 25.1 Å². The Morgan fingerprint density at radius 3 is 2.27 bits per heavy atom. The van der Waals surface area contributed by atoms with Gasteiger partial charge in [-0.2, -0.15) is 0 Å². The first kappa shape index (κ1) is 21.3. The van der Waals surface area contributed by atoms with Gasteiger partial charge in [-0.05, 0) is 32.9 Å². The van der Waals surface area contributed by atoms with Crippen LogP contribution in [0.1, 0.15) is 31.1 Å². The van der Waals surface area contributed by atoms with Gasteiger partial charge in [0.15, 0.2) is 16.4 Å². The molecule has 0 saturated heterocycles. The average Bonchev–Trinajstić information content (AvgIpc) is 2.44. The van der Waals surface area contributed by atoms with Gasteiger partial charge in [0.1, 0.15) is 5.60 Å². The summed E-state index contributed by atoms with van der Waals surface area (Å²) in [6.45, 7) is 4.64. The fourth-order valence-corrected chi connectivity index (χ4v) is 2.87. The van der Waals surface area contributed by atoms with Crippen molar-refractivity contribution in [1.29, 1.82) is 0 Å². The summed E-state index contributed by atoms with van der Waals surface area (Å²) in [6, 6.07) is 3.54. The van der Waals surface area contributed by atoms with Gasteiger partial charge in [0.05, 0.1) is 5.56 Å². The second-order valence-corrected chi connectivity index (χ2v) is 8.22. The molecule has 1 amide bonds. The summed E-state index contributed by atoms with van der Waals surface area (Å²) in [5, 5.41) is 19.4. The van der Waals surface area contributed by atoms with Gasteiger partial charge in [-0.3, -0.25) is 4.79 Å². The molecule has 1 aromatic rings. The molecule has 0 spiro atoms. The van der Waals surface area contributed by atoms with E-state index in [1.54, 1.807) is 25.5 Å². The first-order valence-corrected chi connectivity index (χ1v) is 8.92. The lowest BCUT2D eigenvalue weighted by atomic mass is 10.1. The molecule has 10 heteroatoms. The Morgan fingerprint density at radius 1 is 1.19 bits per heavy atom. The van der Waals surface area contributed by atoms with Crippen LogP contribution >= 0.6 is 0 Å². The van der Waals surface area contributed by atoms with Crippen molar-refractivity contribution in [2.24, 2.45) is 0 Å². The van der Waals surface area contributed by atoms with Crippen molar-refractivity contribution >= 4 is 21.9 Å². The van der Waals surface area contributed by atoms with Crippen molar-refractivity contribution in [2.75, 3.05) is 14.1 Å². The van der Waals surface area contributed by atoms with Crippen molar-refractivity contribution < 1.29 is 33.0 Å². The molecule has 0 fully saturated rings. The highest BCUT2D eigenvalue weighted by atomic mass is 32.2. The number of phenols is 2. The maximum Gasteiger partial charge on any atom is 0.421 e. The number of nitrogens with one attached hydrogen (secondary N) is 1. The van der Waals surface area contributed by atoms with E-state index in [-0.39, 0.29) is 0 Å². The molecule has 0 heterocycles. The number of hydrogen-bond acceptors (Lipinski definition) is 8. The molecule has 0 atom stereocenters. The molecule has 9 nitrogen and oxygen atoms in total. The van der Waals surface area contributed by atoms with Gasteiger partial charge in [0.25, 0.3) is 10.0 Å². The van der Waals surface area contributed by atoms with Gasteiger partial charge in [0.2, 0.25) is 5.78 Å². The van der Waals surface area contributed by atoms with Crippen molar-refractivity contribution in [3.05, 3.63) is 34.9 Å². The minimum Gasteiger partial charge on any atom is -0.504 e. The smallest absolute Gasteiger partial charge is 0.421 e. The maximum absolute atomic E-state index is 12.6. The van der Waals surface area contributed by atoms with E-state index in [1.807, 2.05) is 0 Å². The number of rotatable bonds is 5. The predicted molar refractivity (Wildman–Crippen MR) is 94.2 cm³/mol. The molecule has 0 unspecified atom stereocenters. The zero-order chi connectivity index (χ0) is 20.3. The van der Waals surface area contributed by atoms with Crippen LogP contribution < -0.4 is 4.72 Å². The molecular formula is C16H22N2O7S. The average molecular weight is 386 g/mol. The highest BCUT2D eigenvalue weighted by molar-refractivity contribution is 7.94.